The molecule has 1 fully saturated rings. The highest BCUT2D eigenvalue weighted by atomic mass is 19.4. The number of halogens is 24. The summed E-state index contributed by atoms with van der Waals surface area (Å²) in [6, 6.07) is 10.4. The number of carbonyl (C=O) groups excluding carboxylic acids is 2. The predicted octanol–water partition coefficient (Wildman–Crippen LogP) is 16.0. The molecule has 448 valence electrons. The summed E-state index contributed by atoms with van der Waals surface area (Å²) >= 11 is 0. The van der Waals surface area contributed by atoms with Crippen LogP contribution < -0.4 is 26.4 Å². The Morgan fingerprint density at radius 1 is 0.381 bits per heavy atom. The molecule has 28 heteroatoms. The maximum Gasteiger partial charge on any atom is 0.416 e. The number of alkyl halides is 24. The number of aromatic nitrogens is 1. The highest BCUT2D eigenvalue weighted by Crippen LogP contribution is 2.42. The van der Waals surface area contributed by atoms with E-state index in [-0.39, 0.29) is 24.0 Å². The maximum absolute atomic E-state index is 14.2. The Hall–Kier alpha value is -7.55. The summed E-state index contributed by atoms with van der Waals surface area (Å²) < 4.78 is 343. The van der Waals surface area contributed by atoms with Crippen LogP contribution in [0.2, 0.25) is 0 Å². The normalized spacial score (nSPS) is 14.5. The molecule has 1 aromatic heterocycles. The maximum atomic E-state index is 14.2. The second-order valence-electron chi connectivity index (χ2n) is 19.6. The smallest absolute Gasteiger partial charge is 0.287 e. The van der Waals surface area contributed by atoms with Gasteiger partial charge in [-0.05, 0) is 48.6 Å². The Bertz CT molecular complexity index is 3130. The number of benzene rings is 6. The van der Waals surface area contributed by atoms with Crippen molar-refractivity contribution in [1.29, 1.82) is 0 Å². The zero-order chi connectivity index (χ0) is 62.6. The Balaban J connectivity index is 0.000000309. The van der Waals surface area contributed by atoms with Gasteiger partial charge in [0.2, 0.25) is 18.1 Å². The molecule has 0 saturated heterocycles. The molecule has 0 amide bonds. The Kier molecular flexibility index (Phi) is 17.4. The topological polar surface area (TPSA) is 38.0 Å². The number of nitrogens with zero attached hydrogens (tertiary/aromatic N) is 1. The van der Waals surface area contributed by atoms with Gasteiger partial charge < -0.3 is 0 Å². The van der Waals surface area contributed by atoms with Gasteiger partial charge in [0, 0.05) is 17.5 Å². The Morgan fingerprint density at radius 2 is 0.679 bits per heavy atom. The molecular weight excluding hydrogens is 1190 g/mol. The minimum atomic E-state index is -6.13. The average molecular weight is 1220 g/mol. The van der Waals surface area contributed by atoms with E-state index in [1.54, 1.807) is 0 Å². The summed E-state index contributed by atoms with van der Waals surface area (Å²) in [5.41, 5.74) is -28.8. The second kappa shape index (κ2) is 22.8. The van der Waals surface area contributed by atoms with Crippen molar-refractivity contribution in [2.45, 2.75) is 88.1 Å². The van der Waals surface area contributed by atoms with Crippen molar-refractivity contribution in [2.75, 3.05) is 0 Å². The van der Waals surface area contributed by atoms with E-state index in [1.165, 1.54) is 6.42 Å². The molecule has 0 aliphatic heterocycles. The quantitative estimate of drug-likeness (QED) is 0.0625. The minimum Gasteiger partial charge on any atom is -0.287 e. The summed E-state index contributed by atoms with van der Waals surface area (Å²) in [7, 11) is 0. The number of ketones is 2. The van der Waals surface area contributed by atoms with Crippen molar-refractivity contribution in [3.05, 3.63) is 195 Å². The van der Waals surface area contributed by atoms with Crippen molar-refractivity contribution in [1.82, 2.24) is 0 Å². The van der Waals surface area contributed by atoms with Gasteiger partial charge in [0.25, 0.3) is 5.69 Å². The first-order chi connectivity index (χ1) is 38.5. The SMILES string of the molecule is FC(F)(F)c1cc([B-](c2cc(C(F)(F)F)cc(C(F)(F)F)c2)(c2cc(C(F)(F)F)cc(C(F)(F)F)c2)c2cc(C(F)(F)F)cc(C(F)(F)F)c2)cc(C(F)(F)F)c1.O=C(C[n+]1ccc2ccccc2c1C(=O)C1CCCCC1)c1ccccc1. The van der Waals surface area contributed by atoms with Crippen molar-refractivity contribution < 1.29 is 120 Å². The number of carbonyl (C=O) groups is 2. The fourth-order valence-corrected chi connectivity index (χ4v) is 10.2. The summed E-state index contributed by atoms with van der Waals surface area (Å²) in [4.78, 5) is 26.2. The van der Waals surface area contributed by atoms with E-state index in [4.69, 9.17) is 0 Å². The van der Waals surface area contributed by atoms with Gasteiger partial charge in [-0.15, -0.1) is 0 Å². The number of rotatable bonds is 9. The Labute approximate surface area is 458 Å². The summed E-state index contributed by atoms with van der Waals surface area (Å²) in [6.45, 7) is 0.183. The molecule has 6 aromatic carbocycles. The molecule has 3 nitrogen and oxygen atoms in total. The molecule has 1 heterocycles. The third-order valence-electron chi connectivity index (χ3n) is 14.0. The fraction of sp³-hybridized carbons (Fsp3) is 0.268. The van der Waals surface area contributed by atoms with Crippen molar-refractivity contribution in [3.8, 4) is 0 Å². The lowest BCUT2D eigenvalue weighted by Gasteiger charge is -2.46. The minimum absolute atomic E-state index is 0.0218. The standard InChI is InChI=1S/C32H12BF24.C24H24NO2/c34-25(35,36)13-1-14(26(37,38)39)6-21(5-13)33(22-7-15(27(40,41)42)2-16(8-22)28(43,44)45,23-9-17(29(46,47)48)3-18(10-23)30(49,50)51)24-11-19(31(52,53)54)4-20(12-24)32(55,56)57;26-22(19-10-3-1-4-11-19)17-25-16-15-18-9-7-8-14-21(18)23(25)24(27)20-12-5-2-6-13-20/h1-12H;1,3-4,7-11,14-16,20H,2,5-6,12-13,17H2/q-1;+1. The van der Waals surface area contributed by atoms with Crippen LogP contribution in [0.1, 0.15) is 97.5 Å². The third kappa shape index (κ3) is 14.2. The molecule has 0 spiro atoms. The molecule has 7 aromatic rings. The summed E-state index contributed by atoms with van der Waals surface area (Å²) in [6.07, 6.45) is -47.6. The molecular formula is C56H36BF24NO2. The number of fused-ring (bicyclic) bond motifs is 1. The lowest BCUT2D eigenvalue weighted by molar-refractivity contribution is -0.683. The predicted molar refractivity (Wildman–Crippen MR) is 256 cm³/mol. The zero-order valence-electron chi connectivity index (χ0n) is 42.0. The van der Waals surface area contributed by atoms with E-state index in [2.05, 4.69) is 0 Å². The summed E-state index contributed by atoms with van der Waals surface area (Å²) in [5.74, 6) is 0.281. The fourth-order valence-electron chi connectivity index (χ4n) is 10.2. The van der Waals surface area contributed by atoms with Gasteiger partial charge in [0.1, 0.15) is 6.15 Å². The van der Waals surface area contributed by atoms with Crippen LogP contribution in [-0.4, -0.2) is 17.7 Å². The van der Waals surface area contributed by atoms with Crippen LogP contribution in [0.4, 0.5) is 105 Å². The molecule has 1 aliphatic carbocycles. The Morgan fingerprint density at radius 3 is 0.988 bits per heavy atom. The van der Waals surface area contributed by atoms with Gasteiger partial charge in [-0.25, -0.2) is 0 Å². The highest BCUT2D eigenvalue weighted by Gasteiger charge is 2.47. The lowest BCUT2D eigenvalue weighted by atomic mass is 9.12. The van der Waals surface area contributed by atoms with Crippen molar-refractivity contribution in [3.63, 3.8) is 0 Å². The van der Waals surface area contributed by atoms with E-state index in [1.807, 2.05) is 71.4 Å². The second-order valence-corrected chi connectivity index (χ2v) is 19.6. The molecule has 0 unspecified atom stereocenters. The van der Waals surface area contributed by atoms with Gasteiger partial charge in [-0.2, -0.15) is 132 Å². The highest BCUT2D eigenvalue weighted by molar-refractivity contribution is 7.20. The molecule has 0 radical (unpaired) electrons. The van der Waals surface area contributed by atoms with Gasteiger partial charge in [0.05, 0.1) is 49.9 Å². The number of hydrogen-bond acceptors (Lipinski definition) is 2. The molecule has 8 rings (SSSR count). The van der Waals surface area contributed by atoms with Crippen LogP contribution in [0.25, 0.3) is 10.8 Å². The molecule has 1 saturated carbocycles. The van der Waals surface area contributed by atoms with Gasteiger partial charge in [-0.3, -0.25) is 9.59 Å². The lowest BCUT2D eigenvalue weighted by Crippen LogP contribution is -2.75. The van der Waals surface area contributed by atoms with Crippen LogP contribution in [0.3, 0.4) is 0 Å². The van der Waals surface area contributed by atoms with E-state index in [0.717, 1.165) is 36.5 Å². The van der Waals surface area contributed by atoms with Crippen LogP contribution in [0, 0.1) is 5.92 Å². The van der Waals surface area contributed by atoms with E-state index < -0.39 is 195 Å². The third-order valence-corrected chi connectivity index (χ3v) is 14.0. The van der Waals surface area contributed by atoms with E-state index in [0.29, 0.717) is 11.3 Å². The molecule has 84 heavy (non-hydrogen) atoms. The molecule has 0 N–H and O–H groups in total. The number of hydrogen-bond donors (Lipinski definition) is 0. The van der Waals surface area contributed by atoms with E-state index >= 15 is 0 Å². The largest absolute Gasteiger partial charge is 0.416 e. The molecule has 1 aliphatic rings. The number of Topliss-reactive ketones (excluding diaryl/α,β-unsaturated/α-hetero) is 2. The van der Waals surface area contributed by atoms with Gasteiger partial charge >= 0.3 is 49.4 Å². The first-order valence-electron chi connectivity index (χ1n) is 24.4. The summed E-state index contributed by atoms with van der Waals surface area (Å²) in [5, 5.41) is 1.98. The number of pyridine rings is 1. The van der Waals surface area contributed by atoms with Crippen molar-refractivity contribution in [2.24, 2.45) is 5.92 Å². The average Bonchev–Trinajstić information content (AvgIpc) is 0.781. The van der Waals surface area contributed by atoms with Crippen LogP contribution in [0.15, 0.2) is 140 Å². The van der Waals surface area contributed by atoms with Crippen molar-refractivity contribution >= 4 is 50.3 Å². The molecule has 0 bridgehead atoms. The van der Waals surface area contributed by atoms with Crippen LogP contribution in [0.5, 0.6) is 0 Å². The first-order valence-corrected chi connectivity index (χ1v) is 24.4. The van der Waals surface area contributed by atoms with Crippen LogP contribution >= 0.6 is 0 Å². The monoisotopic (exact) mass is 1220 g/mol. The van der Waals surface area contributed by atoms with E-state index in [9.17, 15) is 115 Å². The van der Waals surface area contributed by atoms with Gasteiger partial charge in [0.15, 0.2) is 6.20 Å². The van der Waals surface area contributed by atoms with Gasteiger partial charge in [-0.1, -0.05) is 116 Å². The molecule has 0 atom stereocenters. The van der Waals surface area contributed by atoms with Crippen LogP contribution in [-0.2, 0) is 56.0 Å². The first kappa shape index (κ1) is 64.0. The zero-order valence-corrected chi connectivity index (χ0v) is 42.0.